The Morgan fingerprint density at radius 3 is 2.65 bits per heavy atom. The number of imidazole rings is 1. The van der Waals surface area contributed by atoms with E-state index in [1.54, 1.807) is 13.2 Å². The summed E-state index contributed by atoms with van der Waals surface area (Å²) in [6.07, 6.45) is 3.10. The molecule has 7 heteroatoms. The summed E-state index contributed by atoms with van der Waals surface area (Å²) >= 11 is 0. The minimum absolute atomic E-state index is 0.229. The van der Waals surface area contributed by atoms with Crippen LogP contribution in [-0.4, -0.2) is 27.8 Å². The van der Waals surface area contributed by atoms with Gasteiger partial charge in [-0.3, -0.25) is 9.98 Å². The number of fused-ring (bicyclic) bond motifs is 1. The highest BCUT2D eigenvalue weighted by molar-refractivity contribution is 6.21. The van der Waals surface area contributed by atoms with Gasteiger partial charge in [-0.15, -0.1) is 0 Å². The Kier molecular flexibility index (Phi) is 3.68. The molecule has 116 valence electrons. The number of nitrogens with one attached hydrogen (secondary N) is 2. The zero-order valence-electron chi connectivity index (χ0n) is 12.5. The molecule has 2 heterocycles. The maximum Gasteiger partial charge on any atom is 0.323 e. The molecular formula is C16H16N6O. The van der Waals surface area contributed by atoms with Gasteiger partial charge in [-0.05, 0) is 18.2 Å². The van der Waals surface area contributed by atoms with E-state index in [2.05, 4.69) is 19.9 Å². The predicted molar refractivity (Wildman–Crippen MR) is 91.9 cm³/mol. The van der Waals surface area contributed by atoms with E-state index in [4.69, 9.17) is 11.5 Å². The number of H-pyrrole nitrogens is 2. The van der Waals surface area contributed by atoms with Crippen molar-refractivity contribution in [2.75, 3.05) is 7.05 Å². The van der Waals surface area contributed by atoms with Crippen LogP contribution in [0.15, 0.2) is 52.5 Å². The maximum absolute atomic E-state index is 11.3. The summed E-state index contributed by atoms with van der Waals surface area (Å²) in [6.45, 7) is 0. The SMILES string of the molecule is CN=C(N)C(=CN)c1ccc(-c2ccc3[nH]c(=O)[nH]c3c2)nc1. The first-order valence-corrected chi connectivity index (χ1v) is 6.95. The van der Waals surface area contributed by atoms with Gasteiger partial charge in [-0.2, -0.15) is 0 Å². The first-order valence-electron chi connectivity index (χ1n) is 6.95. The Morgan fingerprint density at radius 1 is 1.22 bits per heavy atom. The lowest BCUT2D eigenvalue weighted by atomic mass is 10.1. The number of nitrogens with zero attached hydrogens (tertiary/aromatic N) is 2. The number of aliphatic imine (C=N–C) groups is 1. The van der Waals surface area contributed by atoms with E-state index in [0.29, 0.717) is 11.4 Å². The summed E-state index contributed by atoms with van der Waals surface area (Å²) in [5.41, 5.74) is 15.8. The Labute approximate surface area is 131 Å². The molecule has 0 spiro atoms. The monoisotopic (exact) mass is 308 g/mol. The molecule has 0 radical (unpaired) electrons. The van der Waals surface area contributed by atoms with Crippen LogP contribution in [0.4, 0.5) is 0 Å². The van der Waals surface area contributed by atoms with Crippen LogP contribution in [0.1, 0.15) is 5.56 Å². The van der Waals surface area contributed by atoms with Crippen molar-refractivity contribution in [3.8, 4) is 11.3 Å². The van der Waals surface area contributed by atoms with Crippen LogP contribution in [-0.2, 0) is 0 Å². The van der Waals surface area contributed by atoms with Crippen molar-refractivity contribution in [3.63, 3.8) is 0 Å². The van der Waals surface area contributed by atoms with E-state index < -0.39 is 0 Å². The highest BCUT2D eigenvalue weighted by Crippen LogP contribution is 2.22. The second-order valence-corrected chi connectivity index (χ2v) is 4.96. The molecule has 0 amide bonds. The normalized spacial score (nSPS) is 12.7. The van der Waals surface area contributed by atoms with Crippen molar-refractivity contribution < 1.29 is 0 Å². The zero-order chi connectivity index (χ0) is 16.4. The van der Waals surface area contributed by atoms with E-state index >= 15 is 0 Å². The quantitative estimate of drug-likeness (QED) is 0.428. The van der Waals surface area contributed by atoms with E-state index in [9.17, 15) is 4.79 Å². The van der Waals surface area contributed by atoms with Crippen LogP contribution in [0.25, 0.3) is 27.9 Å². The molecule has 3 aromatic rings. The van der Waals surface area contributed by atoms with Crippen molar-refractivity contribution in [3.05, 3.63) is 58.8 Å². The molecular weight excluding hydrogens is 292 g/mol. The average Bonchev–Trinajstić information content (AvgIpc) is 2.95. The van der Waals surface area contributed by atoms with Gasteiger partial charge in [0.1, 0.15) is 5.84 Å². The molecule has 0 aliphatic rings. The van der Waals surface area contributed by atoms with Crippen molar-refractivity contribution in [2.24, 2.45) is 16.5 Å². The number of benzene rings is 1. The van der Waals surface area contributed by atoms with Gasteiger partial charge in [0.15, 0.2) is 0 Å². The third kappa shape index (κ3) is 2.71. The van der Waals surface area contributed by atoms with Gasteiger partial charge in [0.05, 0.1) is 16.7 Å². The lowest BCUT2D eigenvalue weighted by Gasteiger charge is -2.07. The standard InChI is InChI=1S/C16H16N6O/c1-19-15(18)11(7-17)10-3-4-12(20-8-10)9-2-5-13-14(6-9)22-16(23)21-13/h2-8H,17H2,1H3,(H2,18,19)(H2,21,22,23). The maximum atomic E-state index is 11.3. The molecule has 0 saturated carbocycles. The van der Waals surface area contributed by atoms with Crippen LogP contribution in [0.2, 0.25) is 0 Å². The lowest BCUT2D eigenvalue weighted by Crippen LogP contribution is -2.15. The molecule has 23 heavy (non-hydrogen) atoms. The average molecular weight is 308 g/mol. The zero-order valence-corrected chi connectivity index (χ0v) is 12.5. The smallest absolute Gasteiger partial charge is 0.323 e. The summed E-state index contributed by atoms with van der Waals surface area (Å²) in [5, 5.41) is 0. The van der Waals surface area contributed by atoms with E-state index in [-0.39, 0.29) is 5.69 Å². The van der Waals surface area contributed by atoms with Crippen LogP contribution < -0.4 is 17.2 Å². The summed E-state index contributed by atoms with van der Waals surface area (Å²) in [4.78, 5) is 25.1. The number of pyridine rings is 1. The molecule has 6 N–H and O–H groups in total. The van der Waals surface area contributed by atoms with Gasteiger partial charge in [-0.1, -0.05) is 12.1 Å². The highest BCUT2D eigenvalue weighted by atomic mass is 16.1. The fraction of sp³-hybridized carbons (Fsp3) is 0.0625. The van der Waals surface area contributed by atoms with Gasteiger partial charge in [0, 0.05) is 36.1 Å². The van der Waals surface area contributed by atoms with E-state index in [1.165, 1.54) is 6.20 Å². The van der Waals surface area contributed by atoms with Crippen molar-refractivity contribution in [2.45, 2.75) is 0 Å². The van der Waals surface area contributed by atoms with Crippen LogP contribution in [0.3, 0.4) is 0 Å². The summed E-state index contributed by atoms with van der Waals surface area (Å²) < 4.78 is 0. The Morgan fingerprint density at radius 2 is 2.00 bits per heavy atom. The third-order valence-electron chi connectivity index (χ3n) is 3.57. The fourth-order valence-electron chi connectivity index (χ4n) is 2.37. The van der Waals surface area contributed by atoms with Gasteiger partial charge >= 0.3 is 5.69 Å². The number of amidine groups is 1. The highest BCUT2D eigenvalue weighted by Gasteiger charge is 2.08. The summed E-state index contributed by atoms with van der Waals surface area (Å²) in [5.74, 6) is 0.355. The minimum Gasteiger partial charge on any atom is -0.404 e. The van der Waals surface area contributed by atoms with E-state index in [1.807, 2.05) is 30.3 Å². The number of nitrogens with two attached hydrogens (primary N) is 2. The molecule has 0 bridgehead atoms. The Hall–Kier alpha value is -3.35. The molecule has 0 aliphatic carbocycles. The van der Waals surface area contributed by atoms with E-state index in [0.717, 1.165) is 27.9 Å². The minimum atomic E-state index is -0.229. The topological polar surface area (TPSA) is 126 Å². The first kappa shape index (κ1) is 14.6. The predicted octanol–water partition coefficient (Wildman–Crippen LogP) is 1.20. The molecule has 7 nitrogen and oxygen atoms in total. The second-order valence-electron chi connectivity index (χ2n) is 4.96. The molecule has 0 unspecified atom stereocenters. The van der Waals surface area contributed by atoms with Gasteiger partial charge in [0.2, 0.25) is 0 Å². The molecule has 0 fully saturated rings. The van der Waals surface area contributed by atoms with Crippen LogP contribution in [0, 0.1) is 0 Å². The number of rotatable bonds is 3. The third-order valence-corrected chi connectivity index (χ3v) is 3.57. The lowest BCUT2D eigenvalue weighted by molar-refractivity contribution is 1.21. The number of aromatic nitrogens is 3. The van der Waals surface area contributed by atoms with Crippen molar-refractivity contribution in [1.29, 1.82) is 0 Å². The number of hydrogen-bond donors (Lipinski definition) is 4. The Bertz CT molecular complexity index is 962. The van der Waals surface area contributed by atoms with Gasteiger partial charge < -0.3 is 21.4 Å². The molecule has 2 aromatic heterocycles. The summed E-state index contributed by atoms with van der Waals surface area (Å²) in [6, 6.07) is 9.36. The molecule has 0 saturated heterocycles. The molecule has 0 atom stereocenters. The van der Waals surface area contributed by atoms with Crippen LogP contribution in [0.5, 0.6) is 0 Å². The molecule has 1 aromatic carbocycles. The largest absolute Gasteiger partial charge is 0.404 e. The second kappa shape index (κ2) is 5.80. The molecule has 0 aliphatic heterocycles. The van der Waals surface area contributed by atoms with Gasteiger partial charge in [-0.25, -0.2) is 4.79 Å². The first-order chi connectivity index (χ1) is 11.1. The van der Waals surface area contributed by atoms with Crippen LogP contribution >= 0.6 is 0 Å². The fourth-order valence-corrected chi connectivity index (χ4v) is 2.37. The summed E-state index contributed by atoms with van der Waals surface area (Å²) in [7, 11) is 1.60. The number of aromatic amines is 2. The number of hydrogen-bond acceptors (Lipinski definition) is 4. The Balaban J connectivity index is 1.99. The molecule has 3 rings (SSSR count). The van der Waals surface area contributed by atoms with Crippen molar-refractivity contribution >= 4 is 22.4 Å². The van der Waals surface area contributed by atoms with Crippen molar-refractivity contribution in [1.82, 2.24) is 15.0 Å². The van der Waals surface area contributed by atoms with Gasteiger partial charge in [0.25, 0.3) is 0 Å².